The summed E-state index contributed by atoms with van der Waals surface area (Å²) in [6.07, 6.45) is 1.71. The van der Waals surface area contributed by atoms with Crippen molar-refractivity contribution in [3.05, 3.63) is 36.9 Å². The molecule has 1 rings (SSSR count). The lowest BCUT2D eigenvalue weighted by molar-refractivity contribution is 0.204. The third kappa shape index (κ3) is 5.65. The average molecular weight is 266 g/mol. The minimum atomic E-state index is 0.504. The van der Waals surface area contributed by atoms with Crippen LogP contribution in [0.25, 0.3) is 0 Å². The lowest BCUT2D eigenvalue weighted by Gasteiger charge is -2.10. The molecule has 0 saturated heterocycles. The molecule has 0 unspecified atom stereocenters. The van der Waals surface area contributed by atoms with Gasteiger partial charge in [-0.25, -0.2) is 0 Å². The van der Waals surface area contributed by atoms with E-state index in [9.17, 15) is 0 Å². The molecule has 0 spiro atoms. The molecule has 0 fully saturated rings. The van der Waals surface area contributed by atoms with Crippen molar-refractivity contribution in [2.45, 2.75) is 0 Å². The minimum Gasteiger partial charge on any atom is -0.490 e. The second-order valence-electron chi connectivity index (χ2n) is 3.50. The molecule has 1 aromatic rings. The van der Waals surface area contributed by atoms with Crippen molar-refractivity contribution in [2.75, 3.05) is 32.2 Å². The first-order valence-electron chi connectivity index (χ1n) is 5.64. The van der Waals surface area contributed by atoms with Crippen molar-refractivity contribution in [2.24, 2.45) is 0 Å². The fourth-order valence-electron chi connectivity index (χ4n) is 1.23. The number of ether oxygens (including phenoxy) is 2. The first-order chi connectivity index (χ1) is 8.76. The van der Waals surface area contributed by atoms with Gasteiger partial charge in [0.25, 0.3) is 0 Å². The molecule has 0 bridgehead atoms. The summed E-state index contributed by atoms with van der Waals surface area (Å²) in [4.78, 5) is 0. The summed E-state index contributed by atoms with van der Waals surface area (Å²) in [5, 5.41) is 6.68. The van der Waals surface area contributed by atoms with Gasteiger partial charge >= 0.3 is 0 Å². The Morgan fingerprint density at radius 3 is 2.72 bits per heavy atom. The second-order valence-corrected chi connectivity index (χ2v) is 3.91. The fraction of sp³-hybridized carbons (Fsp3) is 0.308. The number of nitrogens with one attached hydrogen (secondary N) is 2. The molecular formula is C13H18N2O2S. The molecule has 0 aliphatic heterocycles. The van der Waals surface area contributed by atoms with Gasteiger partial charge in [-0.15, -0.1) is 0 Å². The molecule has 18 heavy (non-hydrogen) atoms. The Bertz CT molecular complexity index is 379. The van der Waals surface area contributed by atoms with E-state index < -0.39 is 0 Å². The van der Waals surface area contributed by atoms with Crippen LogP contribution < -0.4 is 15.4 Å². The summed E-state index contributed by atoms with van der Waals surface area (Å²) >= 11 is 5.13. The Morgan fingerprint density at radius 2 is 2.11 bits per heavy atom. The van der Waals surface area contributed by atoms with E-state index in [1.165, 1.54) is 0 Å². The van der Waals surface area contributed by atoms with Crippen LogP contribution in [0.1, 0.15) is 0 Å². The first-order valence-corrected chi connectivity index (χ1v) is 6.04. The highest BCUT2D eigenvalue weighted by molar-refractivity contribution is 7.80. The van der Waals surface area contributed by atoms with Crippen LogP contribution in [0, 0.1) is 0 Å². The summed E-state index contributed by atoms with van der Waals surface area (Å²) in [6, 6.07) is 7.57. The number of hydrogen-bond donors (Lipinski definition) is 2. The zero-order valence-electron chi connectivity index (χ0n) is 10.4. The van der Waals surface area contributed by atoms with Crippen molar-refractivity contribution >= 4 is 23.0 Å². The van der Waals surface area contributed by atoms with E-state index in [-0.39, 0.29) is 0 Å². The standard InChI is InChI=1S/C13H18N2O2S/c1-3-9-17-12-6-4-11(5-7-12)15-13(18)14-8-10-16-2/h3-7H,1,8-10H2,2H3,(H2,14,15,18). The first kappa shape index (κ1) is 14.5. The van der Waals surface area contributed by atoms with E-state index in [4.69, 9.17) is 21.7 Å². The summed E-state index contributed by atoms with van der Waals surface area (Å²) < 4.78 is 10.3. The highest BCUT2D eigenvalue weighted by Gasteiger charge is 1.97. The summed E-state index contributed by atoms with van der Waals surface area (Å²) in [5.41, 5.74) is 0.913. The average Bonchev–Trinajstić information content (AvgIpc) is 2.38. The van der Waals surface area contributed by atoms with Gasteiger partial charge in [0.05, 0.1) is 6.61 Å². The predicted octanol–water partition coefficient (Wildman–Crippen LogP) is 2.18. The van der Waals surface area contributed by atoms with E-state index in [1.807, 2.05) is 24.3 Å². The lowest BCUT2D eigenvalue weighted by Crippen LogP contribution is -2.31. The number of methoxy groups -OCH3 is 1. The molecular weight excluding hydrogens is 248 g/mol. The fourth-order valence-corrected chi connectivity index (χ4v) is 1.45. The van der Waals surface area contributed by atoms with Gasteiger partial charge in [-0.3, -0.25) is 0 Å². The Hall–Kier alpha value is -1.59. The van der Waals surface area contributed by atoms with Gasteiger partial charge in [0.1, 0.15) is 12.4 Å². The number of hydrogen-bond acceptors (Lipinski definition) is 3. The van der Waals surface area contributed by atoms with Crippen molar-refractivity contribution < 1.29 is 9.47 Å². The third-order valence-corrected chi connectivity index (χ3v) is 2.32. The van der Waals surface area contributed by atoms with Gasteiger partial charge in [0.15, 0.2) is 5.11 Å². The van der Waals surface area contributed by atoms with Crippen LogP contribution in [0.15, 0.2) is 36.9 Å². The van der Waals surface area contributed by atoms with Gasteiger partial charge in [-0.1, -0.05) is 12.7 Å². The quantitative estimate of drug-likeness (QED) is 0.450. The Morgan fingerprint density at radius 1 is 1.39 bits per heavy atom. The number of anilines is 1. The van der Waals surface area contributed by atoms with Gasteiger partial charge in [0.2, 0.25) is 0 Å². The third-order valence-electron chi connectivity index (χ3n) is 2.07. The number of benzene rings is 1. The normalized spacial score (nSPS) is 9.61. The zero-order chi connectivity index (χ0) is 13.2. The molecule has 0 aliphatic rings. The van der Waals surface area contributed by atoms with Crippen LogP contribution in [-0.2, 0) is 4.74 Å². The van der Waals surface area contributed by atoms with Crippen LogP contribution >= 0.6 is 12.2 Å². The molecule has 0 heterocycles. The van der Waals surface area contributed by atoms with Gasteiger partial charge in [-0.2, -0.15) is 0 Å². The van der Waals surface area contributed by atoms with E-state index in [0.717, 1.165) is 11.4 Å². The van der Waals surface area contributed by atoms with Crippen LogP contribution in [0.2, 0.25) is 0 Å². The molecule has 0 aliphatic carbocycles. The maximum Gasteiger partial charge on any atom is 0.170 e. The zero-order valence-corrected chi connectivity index (χ0v) is 11.3. The number of thiocarbonyl (C=S) groups is 1. The SMILES string of the molecule is C=CCOc1ccc(NC(=S)NCCOC)cc1. The van der Waals surface area contributed by atoms with Gasteiger partial charge in [-0.05, 0) is 36.5 Å². The van der Waals surface area contributed by atoms with E-state index in [1.54, 1.807) is 13.2 Å². The molecule has 0 radical (unpaired) electrons. The molecule has 1 aromatic carbocycles. The monoisotopic (exact) mass is 266 g/mol. The van der Waals surface area contributed by atoms with Crippen molar-refractivity contribution in [1.82, 2.24) is 5.32 Å². The van der Waals surface area contributed by atoms with Crippen LogP contribution in [0.5, 0.6) is 5.75 Å². The van der Waals surface area contributed by atoms with Crippen LogP contribution in [0.4, 0.5) is 5.69 Å². The summed E-state index contributed by atoms with van der Waals surface area (Å²) in [6.45, 7) is 5.40. The maximum absolute atomic E-state index is 5.38. The molecule has 0 atom stereocenters. The Balaban J connectivity index is 2.38. The van der Waals surface area contributed by atoms with Gasteiger partial charge < -0.3 is 20.1 Å². The Kier molecular flexibility index (Phi) is 6.83. The highest BCUT2D eigenvalue weighted by atomic mass is 32.1. The highest BCUT2D eigenvalue weighted by Crippen LogP contribution is 2.15. The van der Waals surface area contributed by atoms with Gasteiger partial charge in [0, 0.05) is 19.3 Å². The molecule has 0 aromatic heterocycles. The predicted molar refractivity (Wildman–Crippen MR) is 78.2 cm³/mol. The van der Waals surface area contributed by atoms with E-state index in [0.29, 0.717) is 24.9 Å². The molecule has 0 amide bonds. The summed E-state index contributed by atoms with van der Waals surface area (Å²) in [7, 11) is 1.65. The van der Waals surface area contributed by atoms with Crippen molar-refractivity contribution in [3.8, 4) is 5.75 Å². The lowest BCUT2D eigenvalue weighted by atomic mass is 10.3. The largest absolute Gasteiger partial charge is 0.490 e. The number of rotatable bonds is 7. The molecule has 5 heteroatoms. The van der Waals surface area contributed by atoms with E-state index >= 15 is 0 Å². The summed E-state index contributed by atoms with van der Waals surface area (Å²) in [5.74, 6) is 0.804. The molecule has 4 nitrogen and oxygen atoms in total. The maximum atomic E-state index is 5.38. The van der Waals surface area contributed by atoms with E-state index in [2.05, 4.69) is 17.2 Å². The minimum absolute atomic E-state index is 0.504. The molecule has 0 saturated carbocycles. The van der Waals surface area contributed by atoms with Crippen LogP contribution in [-0.4, -0.2) is 32.0 Å². The molecule has 98 valence electrons. The second kappa shape index (κ2) is 8.49. The smallest absolute Gasteiger partial charge is 0.170 e. The Labute approximate surface area is 113 Å². The topological polar surface area (TPSA) is 42.5 Å². The van der Waals surface area contributed by atoms with Crippen LogP contribution in [0.3, 0.4) is 0 Å². The van der Waals surface area contributed by atoms with Crippen molar-refractivity contribution in [1.29, 1.82) is 0 Å². The van der Waals surface area contributed by atoms with Crippen molar-refractivity contribution in [3.63, 3.8) is 0 Å². The molecule has 2 N–H and O–H groups in total.